The molecule has 0 aliphatic heterocycles. The summed E-state index contributed by atoms with van der Waals surface area (Å²) in [6.45, 7) is 1.81. The van der Waals surface area contributed by atoms with Gasteiger partial charge in [0.05, 0.1) is 21.5 Å². The second-order valence-electron chi connectivity index (χ2n) is 4.80. The van der Waals surface area contributed by atoms with Crippen molar-refractivity contribution in [3.05, 3.63) is 46.1 Å². The molecule has 0 spiro atoms. The minimum Gasteiger partial charge on any atom is -0.481 e. The van der Waals surface area contributed by atoms with E-state index >= 15 is 0 Å². The summed E-state index contributed by atoms with van der Waals surface area (Å²) in [7, 11) is 0. The van der Waals surface area contributed by atoms with Gasteiger partial charge in [0.15, 0.2) is 10.9 Å². The molecule has 2 aromatic heterocycles. The van der Waals surface area contributed by atoms with Crippen molar-refractivity contribution in [1.82, 2.24) is 14.8 Å². The number of rotatable bonds is 5. The normalized spacial score (nSPS) is 11.0. The molecule has 24 heavy (non-hydrogen) atoms. The Balaban J connectivity index is 2.19. The predicted octanol–water partition coefficient (Wildman–Crippen LogP) is 4.32. The lowest BCUT2D eigenvalue weighted by Crippen LogP contribution is -2.04. The number of nitrogens with zero attached hydrogens (tertiary/aromatic N) is 3. The standard InChI is InChI=1S/C15H11Cl2N3O3S/c1-8-5-6-11(23-8)14-18-19-15(24-7-12(21)22)20(14)13-9(16)3-2-4-10(13)17/h2-6H,7H2,1H3,(H,21,22). The molecule has 3 rings (SSSR count). The molecule has 3 aromatic rings. The van der Waals surface area contributed by atoms with Crippen molar-refractivity contribution in [1.29, 1.82) is 0 Å². The quantitative estimate of drug-likeness (QED) is 0.660. The van der Waals surface area contributed by atoms with E-state index in [1.165, 1.54) is 0 Å². The molecule has 2 heterocycles. The average Bonchev–Trinajstić information content (AvgIpc) is 3.11. The largest absolute Gasteiger partial charge is 0.481 e. The topological polar surface area (TPSA) is 81.1 Å². The summed E-state index contributed by atoms with van der Waals surface area (Å²) in [6, 6.07) is 8.65. The van der Waals surface area contributed by atoms with E-state index in [0.717, 1.165) is 11.8 Å². The van der Waals surface area contributed by atoms with Gasteiger partial charge in [0.25, 0.3) is 0 Å². The van der Waals surface area contributed by atoms with Crippen molar-refractivity contribution < 1.29 is 14.3 Å². The summed E-state index contributed by atoms with van der Waals surface area (Å²) in [5, 5.41) is 18.3. The van der Waals surface area contributed by atoms with Gasteiger partial charge in [0.2, 0.25) is 5.82 Å². The van der Waals surface area contributed by atoms with Crippen LogP contribution in [0.1, 0.15) is 5.76 Å². The number of carboxylic acids is 1. The Bertz CT molecular complexity index is 887. The van der Waals surface area contributed by atoms with Gasteiger partial charge in [-0.05, 0) is 31.2 Å². The van der Waals surface area contributed by atoms with Crippen LogP contribution in [0.4, 0.5) is 0 Å². The third kappa shape index (κ3) is 3.28. The molecule has 0 aliphatic rings. The van der Waals surface area contributed by atoms with Crippen LogP contribution in [-0.4, -0.2) is 31.6 Å². The monoisotopic (exact) mass is 383 g/mol. The number of aromatic nitrogens is 3. The zero-order valence-corrected chi connectivity index (χ0v) is 14.7. The zero-order valence-electron chi connectivity index (χ0n) is 12.4. The number of furan rings is 1. The van der Waals surface area contributed by atoms with E-state index in [9.17, 15) is 4.79 Å². The Kier molecular flexibility index (Phi) is 4.84. The van der Waals surface area contributed by atoms with Crippen LogP contribution in [0, 0.1) is 6.92 Å². The first-order valence-corrected chi connectivity index (χ1v) is 8.52. The highest BCUT2D eigenvalue weighted by Crippen LogP contribution is 2.35. The molecule has 0 unspecified atom stereocenters. The molecule has 0 amide bonds. The summed E-state index contributed by atoms with van der Waals surface area (Å²) < 4.78 is 7.22. The lowest BCUT2D eigenvalue weighted by atomic mass is 10.3. The average molecular weight is 384 g/mol. The molecular formula is C15H11Cl2N3O3S. The van der Waals surface area contributed by atoms with Crippen LogP contribution in [-0.2, 0) is 4.79 Å². The van der Waals surface area contributed by atoms with Gasteiger partial charge in [0, 0.05) is 0 Å². The molecule has 124 valence electrons. The van der Waals surface area contributed by atoms with E-state index in [1.807, 2.05) is 6.92 Å². The lowest BCUT2D eigenvalue weighted by molar-refractivity contribution is -0.133. The number of thioether (sulfide) groups is 1. The molecule has 1 N–H and O–H groups in total. The number of hydrogen-bond donors (Lipinski definition) is 1. The Morgan fingerprint density at radius 2 is 1.96 bits per heavy atom. The van der Waals surface area contributed by atoms with Crippen molar-refractivity contribution in [3.8, 4) is 17.3 Å². The maximum absolute atomic E-state index is 10.9. The highest BCUT2D eigenvalue weighted by Gasteiger charge is 2.22. The van der Waals surface area contributed by atoms with Crippen LogP contribution in [0.25, 0.3) is 17.3 Å². The Morgan fingerprint density at radius 1 is 1.25 bits per heavy atom. The molecule has 1 aromatic carbocycles. The summed E-state index contributed by atoms with van der Waals surface area (Å²) >= 11 is 13.6. The number of aliphatic carboxylic acids is 1. The van der Waals surface area contributed by atoms with Crippen LogP contribution >= 0.6 is 35.0 Å². The molecule has 0 saturated heterocycles. The van der Waals surface area contributed by atoms with Gasteiger partial charge in [-0.25, -0.2) is 0 Å². The highest BCUT2D eigenvalue weighted by atomic mass is 35.5. The maximum Gasteiger partial charge on any atom is 0.313 e. The number of hydrogen-bond acceptors (Lipinski definition) is 5. The molecule has 0 aliphatic carbocycles. The molecule has 0 fully saturated rings. The summed E-state index contributed by atoms with van der Waals surface area (Å²) in [4.78, 5) is 10.9. The molecule has 0 atom stereocenters. The summed E-state index contributed by atoms with van der Waals surface area (Å²) in [6.07, 6.45) is 0. The van der Waals surface area contributed by atoms with Crippen molar-refractivity contribution in [2.45, 2.75) is 12.1 Å². The zero-order chi connectivity index (χ0) is 17.3. The molecule has 6 nitrogen and oxygen atoms in total. The number of carbonyl (C=O) groups is 1. The van der Waals surface area contributed by atoms with Crippen LogP contribution in [0.15, 0.2) is 39.9 Å². The number of halogens is 2. The number of aryl methyl sites for hydroxylation is 1. The summed E-state index contributed by atoms with van der Waals surface area (Å²) in [5.74, 6) is 0.459. The van der Waals surface area contributed by atoms with Crippen molar-refractivity contribution in [3.63, 3.8) is 0 Å². The van der Waals surface area contributed by atoms with Crippen molar-refractivity contribution in [2.75, 3.05) is 5.75 Å². The Labute approximate surface area is 151 Å². The fourth-order valence-corrected chi connectivity index (χ4v) is 3.33. The van der Waals surface area contributed by atoms with E-state index in [1.54, 1.807) is 34.9 Å². The second-order valence-corrected chi connectivity index (χ2v) is 6.56. The fraction of sp³-hybridized carbons (Fsp3) is 0.133. The Hall–Kier alpha value is -1.96. The molecule has 9 heteroatoms. The van der Waals surface area contributed by atoms with Crippen LogP contribution < -0.4 is 0 Å². The summed E-state index contributed by atoms with van der Waals surface area (Å²) in [5.41, 5.74) is 0.475. The van der Waals surface area contributed by atoms with Crippen molar-refractivity contribution in [2.24, 2.45) is 0 Å². The molecule has 0 bridgehead atoms. The Morgan fingerprint density at radius 3 is 2.54 bits per heavy atom. The molecular weight excluding hydrogens is 373 g/mol. The van der Waals surface area contributed by atoms with E-state index in [4.69, 9.17) is 32.7 Å². The van der Waals surface area contributed by atoms with Crippen LogP contribution in [0.3, 0.4) is 0 Å². The van der Waals surface area contributed by atoms with E-state index in [0.29, 0.717) is 38.2 Å². The lowest BCUT2D eigenvalue weighted by Gasteiger charge is -2.12. The third-order valence-corrected chi connectivity index (χ3v) is 4.60. The van der Waals surface area contributed by atoms with E-state index in [2.05, 4.69) is 10.2 Å². The van der Waals surface area contributed by atoms with Gasteiger partial charge >= 0.3 is 5.97 Å². The predicted molar refractivity (Wildman–Crippen MR) is 92.2 cm³/mol. The van der Waals surface area contributed by atoms with Crippen molar-refractivity contribution >= 4 is 40.9 Å². The smallest absolute Gasteiger partial charge is 0.313 e. The highest BCUT2D eigenvalue weighted by molar-refractivity contribution is 7.99. The SMILES string of the molecule is Cc1ccc(-c2nnc(SCC(=O)O)n2-c2c(Cl)cccc2Cl)o1. The maximum atomic E-state index is 10.9. The first-order chi connectivity index (χ1) is 11.5. The molecule has 0 radical (unpaired) electrons. The first-order valence-electron chi connectivity index (χ1n) is 6.78. The third-order valence-electron chi connectivity index (χ3n) is 3.08. The van der Waals surface area contributed by atoms with Gasteiger partial charge in [0.1, 0.15) is 5.76 Å². The van der Waals surface area contributed by atoms with E-state index in [-0.39, 0.29) is 5.75 Å². The number of para-hydroxylation sites is 1. The van der Waals surface area contributed by atoms with Gasteiger partial charge < -0.3 is 9.52 Å². The second kappa shape index (κ2) is 6.88. The number of benzene rings is 1. The fourth-order valence-electron chi connectivity index (χ4n) is 2.11. The molecule has 0 saturated carbocycles. The van der Waals surface area contributed by atoms with E-state index < -0.39 is 5.97 Å². The minimum atomic E-state index is -0.963. The first kappa shape index (κ1) is 16.9. The van der Waals surface area contributed by atoms with Gasteiger partial charge in [-0.2, -0.15) is 0 Å². The van der Waals surface area contributed by atoms with Crippen LogP contribution in [0.5, 0.6) is 0 Å². The van der Waals surface area contributed by atoms with Crippen LogP contribution in [0.2, 0.25) is 10.0 Å². The van der Waals surface area contributed by atoms with Gasteiger partial charge in [-0.3, -0.25) is 9.36 Å². The van der Waals surface area contributed by atoms with Gasteiger partial charge in [-0.15, -0.1) is 10.2 Å². The van der Waals surface area contributed by atoms with Gasteiger partial charge in [-0.1, -0.05) is 41.0 Å². The minimum absolute atomic E-state index is 0.169. The number of carboxylic acid groups (broad SMARTS) is 1.